The molecule has 0 atom stereocenters. The first-order valence-corrected chi connectivity index (χ1v) is 10.9. The van der Waals surface area contributed by atoms with Gasteiger partial charge in [-0.05, 0) is 61.4 Å². The van der Waals surface area contributed by atoms with Crippen molar-refractivity contribution in [3.8, 4) is 5.75 Å². The second kappa shape index (κ2) is 9.62. The van der Waals surface area contributed by atoms with Gasteiger partial charge >= 0.3 is 0 Å². The minimum Gasteiger partial charge on any atom is -0.494 e. The van der Waals surface area contributed by atoms with Gasteiger partial charge in [0.2, 0.25) is 5.91 Å². The number of imide groups is 1. The van der Waals surface area contributed by atoms with Crippen LogP contribution in [0.2, 0.25) is 0 Å². The Morgan fingerprint density at radius 1 is 0.912 bits per heavy atom. The van der Waals surface area contributed by atoms with Crippen molar-refractivity contribution < 1.29 is 19.1 Å². The lowest BCUT2D eigenvalue weighted by Gasteiger charge is -2.16. The first-order valence-electron chi connectivity index (χ1n) is 10.9. The van der Waals surface area contributed by atoms with Gasteiger partial charge in [-0.25, -0.2) is 4.90 Å². The fourth-order valence-electron chi connectivity index (χ4n) is 3.81. The van der Waals surface area contributed by atoms with E-state index in [1.165, 1.54) is 11.8 Å². The molecule has 0 aromatic heterocycles. The van der Waals surface area contributed by atoms with Gasteiger partial charge in [-0.3, -0.25) is 14.4 Å². The number of hydrogen-bond acceptors (Lipinski definition) is 5. The molecule has 172 valence electrons. The van der Waals surface area contributed by atoms with E-state index in [4.69, 9.17) is 4.74 Å². The normalized spacial score (nSPS) is 13.3. The van der Waals surface area contributed by atoms with Crippen molar-refractivity contribution in [3.63, 3.8) is 0 Å². The molecule has 3 aromatic rings. The molecule has 0 spiro atoms. The van der Waals surface area contributed by atoms with Crippen molar-refractivity contribution in [2.45, 2.75) is 20.8 Å². The van der Waals surface area contributed by atoms with Crippen LogP contribution in [0.15, 0.2) is 78.5 Å². The zero-order valence-electron chi connectivity index (χ0n) is 19.2. The van der Waals surface area contributed by atoms with Crippen molar-refractivity contribution in [2.75, 3.05) is 22.1 Å². The average molecular weight is 456 g/mol. The smallest absolute Gasteiger partial charge is 0.282 e. The summed E-state index contributed by atoms with van der Waals surface area (Å²) in [7, 11) is 0. The summed E-state index contributed by atoms with van der Waals surface area (Å²) < 4.78 is 5.57. The van der Waals surface area contributed by atoms with Gasteiger partial charge < -0.3 is 15.4 Å². The van der Waals surface area contributed by atoms with Gasteiger partial charge in [0.15, 0.2) is 0 Å². The van der Waals surface area contributed by atoms with E-state index in [9.17, 15) is 14.4 Å². The Balaban J connectivity index is 1.78. The minimum absolute atomic E-state index is 0.174. The standard InChI is InChI=1S/C27H25N3O4/c1-4-34-23-10-6-8-21(16-23)29-25-24(19-11-13-20(14-12-19)28-18(3)31)26(32)30(27(25)33)22-9-5-7-17(2)15-22/h5-16,29H,4H2,1-3H3,(H,28,31). The molecule has 4 rings (SSSR count). The van der Waals surface area contributed by atoms with Crippen LogP contribution in [0.1, 0.15) is 25.0 Å². The van der Waals surface area contributed by atoms with E-state index in [1.54, 1.807) is 48.5 Å². The van der Waals surface area contributed by atoms with Crippen LogP contribution in [0.3, 0.4) is 0 Å². The molecule has 0 saturated heterocycles. The highest BCUT2D eigenvalue weighted by Gasteiger charge is 2.40. The Bertz CT molecular complexity index is 1300. The molecule has 34 heavy (non-hydrogen) atoms. The minimum atomic E-state index is -0.446. The highest BCUT2D eigenvalue weighted by atomic mass is 16.5. The summed E-state index contributed by atoms with van der Waals surface area (Å²) in [5.41, 5.74) is 3.65. The Labute approximate surface area is 198 Å². The summed E-state index contributed by atoms with van der Waals surface area (Å²) in [6.07, 6.45) is 0. The van der Waals surface area contributed by atoms with Crippen LogP contribution in [0.25, 0.3) is 5.57 Å². The second-order valence-corrected chi connectivity index (χ2v) is 7.88. The molecule has 0 unspecified atom stereocenters. The lowest BCUT2D eigenvalue weighted by Crippen LogP contribution is -2.32. The highest BCUT2D eigenvalue weighted by Crippen LogP contribution is 2.35. The van der Waals surface area contributed by atoms with Gasteiger partial charge in [0.25, 0.3) is 11.8 Å². The zero-order chi connectivity index (χ0) is 24.2. The first-order chi connectivity index (χ1) is 16.4. The number of benzene rings is 3. The average Bonchev–Trinajstić information content (AvgIpc) is 3.04. The molecule has 0 bridgehead atoms. The SMILES string of the molecule is CCOc1cccc(NC2=C(c3ccc(NC(C)=O)cc3)C(=O)N(c3cccc(C)c3)C2=O)c1. The Morgan fingerprint density at radius 2 is 1.65 bits per heavy atom. The van der Waals surface area contributed by atoms with Crippen molar-refractivity contribution in [1.29, 1.82) is 0 Å². The summed E-state index contributed by atoms with van der Waals surface area (Å²) in [6.45, 7) is 5.73. The first kappa shape index (κ1) is 22.8. The number of rotatable bonds is 7. The van der Waals surface area contributed by atoms with E-state index in [-0.39, 0.29) is 17.2 Å². The number of nitrogens with one attached hydrogen (secondary N) is 2. The highest BCUT2D eigenvalue weighted by molar-refractivity contribution is 6.46. The second-order valence-electron chi connectivity index (χ2n) is 7.88. The quantitative estimate of drug-likeness (QED) is 0.502. The molecule has 0 saturated carbocycles. The van der Waals surface area contributed by atoms with Crippen molar-refractivity contribution >= 4 is 40.4 Å². The lowest BCUT2D eigenvalue weighted by molar-refractivity contribution is -0.120. The molecule has 0 radical (unpaired) electrons. The van der Waals surface area contributed by atoms with Crippen LogP contribution >= 0.6 is 0 Å². The van der Waals surface area contributed by atoms with E-state index in [0.29, 0.717) is 35.0 Å². The van der Waals surface area contributed by atoms with Gasteiger partial charge in [0.05, 0.1) is 17.9 Å². The van der Waals surface area contributed by atoms with Crippen LogP contribution < -0.4 is 20.3 Å². The molecule has 1 heterocycles. The number of anilines is 3. The monoisotopic (exact) mass is 455 g/mol. The van der Waals surface area contributed by atoms with E-state index >= 15 is 0 Å². The number of carbonyl (C=O) groups is 3. The van der Waals surface area contributed by atoms with Gasteiger partial charge in [0.1, 0.15) is 11.4 Å². The number of carbonyl (C=O) groups excluding carboxylic acids is 3. The van der Waals surface area contributed by atoms with E-state index < -0.39 is 11.8 Å². The number of nitrogens with zero attached hydrogens (tertiary/aromatic N) is 1. The van der Waals surface area contributed by atoms with Crippen LogP contribution in [-0.2, 0) is 14.4 Å². The summed E-state index contributed by atoms with van der Waals surface area (Å²) in [5, 5.41) is 5.85. The van der Waals surface area contributed by atoms with Crippen molar-refractivity contribution in [3.05, 3.63) is 89.6 Å². The Hall–Kier alpha value is -4.39. The summed E-state index contributed by atoms with van der Waals surface area (Å²) in [6, 6.07) is 21.3. The molecule has 7 heteroatoms. The molecule has 7 nitrogen and oxygen atoms in total. The third-order valence-corrected chi connectivity index (χ3v) is 5.25. The molecule has 2 N–H and O–H groups in total. The van der Waals surface area contributed by atoms with Crippen LogP contribution in [0, 0.1) is 6.92 Å². The molecule has 3 aromatic carbocycles. The maximum Gasteiger partial charge on any atom is 0.282 e. The van der Waals surface area contributed by atoms with Gasteiger partial charge in [-0.2, -0.15) is 0 Å². The Morgan fingerprint density at radius 3 is 2.32 bits per heavy atom. The van der Waals surface area contributed by atoms with E-state index in [2.05, 4.69) is 10.6 Å². The van der Waals surface area contributed by atoms with E-state index in [1.807, 2.05) is 38.1 Å². The predicted molar refractivity (Wildman–Crippen MR) is 133 cm³/mol. The largest absolute Gasteiger partial charge is 0.494 e. The Kier molecular flexibility index (Phi) is 6.45. The third kappa shape index (κ3) is 4.68. The maximum absolute atomic E-state index is 13.6. The number of ether oxygens (including phenoxy) is 1. The molecule has 0 aliphatic carbocycles. The molecular weight excluding hydrogens is 430 g/mol. The lowest BCUT2D eigenvalue weighted by atomic mass is 10.0. The molecule has 1 aliphatic rings. The fraction of sp³-hybridized carbons (Fsp3) is 0.148. The van der Waals surface area contributed by atoms with Gasteiger partial charge in [-0.15, -0.1) is 0 Å². The third-order valence-electron chi connectivity index (χ3n) is 5.25. The van der Waals surface area contributed by atoms with E-state index in [0.717, 1.165) is 5.56 Å². The predicted octanol–water partition coefficient (Wildman–Crippen LogP) is 4.75. The maximum atomic E-state index is 13.6. The summed E-state index contributed by atoms with van der Waals surface area (Å²) in [5.74, 6) is -0.410. The summed E-state index contributed by atoms with van der Waals surface area (Å²) >= 11 is 0. The van der Waals surface area contributed by atoms with Crippen molar-refractivity contribution in [1.82, 2.24) is 0 Å². The number of amides is 3. The molecular formula is C27H25N3O4. The number of aryl methyl sites for hydroxylation is 1. The molecule has 3 amide bonds. The number of hydrogen-bond donors (Lipinski definition) is 2. The van der Waals surface area contributed by atoms with Gasteiger partial charge in [0, 0.05) is 24.4 Å². The molecule has 1 aliphatic heterocycles. The van der Waals surface area contributed by atoms with Crippen LogP contribution in [0.5, 0.6) is 5.75 Å². The van der Waals surface area contributed by atoms with Gasteiger partial charge in [-0.1, -0.05) is 30.3 Å². The van der Waals surface area contributed by atoms with Crippen LogP contribution in [-0.4, -0.2) is 24.3 Å². The van der Waals surface area contributed by atoms with Crippen LogP contribution in [0.4, 0.5) is 17.1 Å². The molecule has 0 fully saturated rings. The topological polar surface area (TPSA) is 87.7 Å². The van der Waals surface area contributed by atoms with Crippen molar-refractivity contribution in [2.24, 2.45) is 0 Å². The zero-order valence-corrected chi connectivity index (χ0v) is 19.2. The summed E-state index contributed by atoms with van der Waals surface area (Å²) in [4.78, 5) is 39.6. The fourth-order valence-corrected chi connectivity index (χ4v) is 3.81.